The van der Waals surface area contributed by atoms with Gasteiger partial charge in [0.1, 0.15) is 0 Å². The van der Waals surface area contributed by atoms with E-state index in [1.54, 1.807) is 0 Å². The standard InChI is InChI=1S/C29H19BrN2/c30-22-15-16-25-24-13-7-8-14-28(24)32(29(25)17-22)23-18-26(20-9-3-1-4-10-20)31-27(19-23)21-11-5-2-6-12-21/h1-19H. The second-order valence-electron chi connectivity index (χ2n) is 7.84. The quantitative estimate of drug-likeness (QED) is 0.252. The highest BCUT2D eigenvalue weighted by Gasteiger charge is 2.15. The molecule has 2 nitrogen and oxygen atoms in total. The van der Waals surface area contributed by atoms with Crippen LogP contribution in [0.25, 0.3) is 50.0 Å². The Morgan fingerprint density at radius 2 is 1.09 bits per heavy atom. The summed E-state index contributed by atoms with van der Waals surface area (Å²) in [6.07, 6.45) is 0. The molecule has 0 aliphatic rings. The average molecular weight is 475 g/mol. The van der Waals surface area contributed by atoms with Gasteiger partial charge in [-0.1, -0.05) is 101 Å². The van der Waals surface area contributed by atoms with Gasteiger partial charge in [0.2, 0.25) is 0 Å². The molecule has 4 aromatic carbocycles. The van der Waals surface area contributed by atoms with Gasteiger partial charge in [0.15, 0.2) is 0 Å². The molecule has 2 aromatic heterocycles. The van der Waals surface area contributed by atoms with Crippen LogP contribution in [0.15, 0.2) is 120 Å². The van der Waals surface area contributed by atoms with Gasteiger partial charge in [0.25, 0.3) is 0 Å². The first kappa shape index (κ1) is 19.0. The Morgan fingerprint density at radius 1 is 0.531 bits per heavy atom. The predicted molar refractivity (Wildman–Crippen MR) is 137 cm³/mol. The minimum atomic E-state index is 0.961. The smallest absolute Gasteiger partial charge is 0.0730 e. The van der Waals surface area contributed by atoms with Crippen LogP contribution < -0.4 is 0 Å². The molecule has 0 unspecified atom stereocenters. The van der Waals surface area contributed by atoms with Crippen LogP contribution in [-0.2, 0) is 0 Å². The highest BCUT2D eigenvalue weighted by Crippen LogP contribution is 2.35. The third-order valence-corrected chi connectivity index (χ3v) is 6.34. The van der Waals surface area contributed by atoms with E-state index >= 15 is 0 Å². The molecule has 0 atom stereocenters. The van der Waals surface area contributed by atoms with Crippen LogP contribution in [0, 0.1) is 0 Å². The number of fused-ring (bicyclic) bond motifs is 3. The van der Waals surface area contributed by atoms with Gasteiger partial charge >= 0.3 is 0 Å². The van der Waals surface area contributed by atoms with Gasteiger partial charge in [0.05, 0.1) is 28.1 Å². The topological polar surface area (TPSA) is 17.8 Å². The van der Waals surface area contributed by atoms with E-state index in [9.17, 15) is 0 Å². The van der Waals surface area contributed by atoms with Crippen molar-refractivity contribution in [1.29, 1.82) is 0 Å². The monoisotopic (exact) mass is 474 g/mol. The van der Waals surface area contributed by atoms with Gasteiger partial charge in [-0.3, -0.25) is 0 Å². The fraction of sp³-hybridized carbons (Fsp3) is 0. The van der Waals surface area contributed by atoms with E-state index in [1.165, 1.54) is 21.8 Å². The van der Waals surface area contributed by atoms with Crippen molar-refractivity contribution in [1.82, 2.24) is 9.55 Å². The molecule has 2 heterocycles. The van der Waals surface area contributed by atoms with E-state index in [2.05, 4.69) is 124 Å². The van der Waals surface area contributed by atoms with Crippen LogP contribution in [0.1, 0.15) is 0 Å². The molecule has 0 saturated carbocycles. The number of nitrogens with zero attached hydrogens (tertiary/aromatic N) is 2. The van der Waals surface area contributed by atoms with Gasteiger partial charge in [-0.2, -0.15) is 0 Å². The summed E-state index contributed by atoms with van der Waals surface area (Å²) in [6, 6.07) is 40.2. The van der Waals surface area contributed by atoms with Gasteiger partial charge in [-0.15, -0.1) is 0 Å². The van der Waals surface area contributed by atoms with Crippen molar-refractivity contribution >= 4 is 37.7 Å². The van der Waals surface area contributed by atoms with Gasteiger partial charge in [-0.05, 0) is 30.3 Å². The summed E-state index contributed by atoms with van der Waals surface area (Å²) in [5.41, 5.74) is 7.59. The second kappa shape index (κ2) is 7.77. The van der Waals surface area contributed by atoms with E-state index in [4.69, 9.17) is 4.98 Å². The molecule has 3 heteroatoms. The van der Waals surface area contributed by atoms with Crippen molar-refractivity contribution in [2.45, 2.75) is 0 Å². The Morgan fingerprint density at radius 3 is 1.75 bits per heavy atom. The lowest BCUT2D eigenvalue weighted by molar-refractivity contribution is 1.16. The second-order valence-corrected chi connectivity index (χ2v) is 8.76. The minimum absolute atomic E-state index is 0.961. The molecule has 0 amide bonds. The summed E-state index contributed by atoms with van der Waals surface area (Å²) in [5.74, 6) is 0. The van der Waals surface area contributed by atoms with Crippen molar-refractivity contribution in [3.05, 3.63) is 120 Å². The molecule has 0 fully saturated rings. The van der Waals surface area contributed by atoms with E-state index in [-0.39, 0.29) is 0 Å². The van der Waals surface area contributed by atoms with E-state index in [0.29, 0.717) is 0 Å². The first-order valence-electron chi connectivity index (χ1n) is 10.6. The molecule has 0 aliphatic heterocycles. The fourth-order valence-corrected chi connectivity index (χ4v) is 4.73. The largest absolute Gasteiger partial charge is 0.309 e. The molecular formula is C29H19BrN2. The molecule has 0 N–H and O–H groups in total. The summed E-state index contributed by atoms with van der Waals surface area (Å²) in [5, 5.41) is 2.48. The number of pyridine rings is 1. The highest BCUT2D eigenvalue weighted by atomic mass is 79.9. The van der Waals surface area contributed by atoms with Crippen molar-refractivity contribution in [2.24, 2.45) is 0 Å². The molecule has 0 aliphatic carbocycles. The first-order chi connectivity index (χ1) is 15.8. The lowest BCUT2D eigenvalue weighted by Gasteiger charge is -2.13. The van der Waals surface area contributed by atoms with E-state index in [0.717, 1.165) is 32.7 Å². The maximum atomic E-state index is 5.04. The summed E-state index contributed by atoms with van der Waals surface area (Å²) in [7, 11) is 0. The summed E-state index contributed by atoms with van der Waals surface area (Å²) < 4.78 is 3.41. The third kappa shape index (κ3) is 3.22. The SMILES string of the molecule is Brc1ccc2c3ccccc3n(-c3cc(-c4ccccc4)nc(-c4ccccc4)c3)c2c1. The Balaban J connectivity index is 1.70. The third-order valence-electron chi connectivity index (χ3n) is 5.84. The van der Waals surface area contributed by atoms with Crippen LogP contribution >= 0.6 is 15.9 Å². The molecule has 0 spiro atoms. The summed E-state index contributed by atoms with van der Waals surface area (Å²) >= 11 is 3.67. The van der Waals surface area contributed by atoms with Crippen molar-refractivity contribution in [2.75, 3.05) is 0 Å². The average Bonchev–Trinajstić information content (AvgIpc) is 3.18. The zero-order valence-electron chi connectivity index (χ0n) is 17.2. The van der Waals surface area contributed by atoms with Crippen LogP contribution in [0.3, 0.4) is 0 Å². The number of hydrogen-bond acceptors (Lipinski definition) is 1. The number of aromatic nitrogens is 2. The summed E-state index contributed by atoms with van der Waals surface area (Å²) in [6.45, 7) is 0. The van der Waals surface area contributed by atoms with Gasteiger partial charge in [0, 0.05) is 26.4 Å². The molecule has 6 aromatic rings. The van der Waals surface area contributed by atoms with E-state index in [1.807, 2.05) is 12.1 Å². The number of para-hydroxylation sites is 1. The maximum absolute atomic E-state index is 5.04. The number of benzene rings is 4. The first-order valence-corrected chi connectivity index (χ1v) is 11.4. The van der Waals surface area contributed by atoms with Gasteiger partial charge < -0.3 is 4.57 Å². The molecule has 152 valence electrons. The molecule has 0 radical (unpaired) electrons. The van der Waals surface area contributed by atoms with Crippen LogP contribution in [0.4, 0.5) is 0 Å². The number of halogens is 1. The lowest BCUT2D eigenvalue weighted by Crippen LogP contribution is -1.98. The summed E-state index contributed by atoms with van der Waals surface area (Å²) in [4.78, 5) is 5.04. The fourth-order valence-electron chi connectivity index (χ4n) is 4.38. The Kier molecular flexibility index (Phi) is 4.62. The predicted octanol–water partition coefficient (Wildman–Crippen LogP) is 8.28. The maximum Gasteiger partial charge on any atom is 0.0730 e. The molecule has 6 rings (SSSR count). The Hall–Kier alpha value is -3.69. The van der Waals surface area contributed by atoms with Crippen molar-refractivity contribution in [3.8, 4) is 28.2 Å². The molecule has 0 saturated heterocycles. The number of hydrogen-bond donors (Lipinski definition) is 0. The van der Waals surface area contributed by atoms with Gasteiger partial charge in [-0.25, -0.2) is 4.98 Å². The molecular weight excluding hydrogens is 456 g/mol. The Labute approximate surface area is 194 Å². The molecule has 32 heavy (non-hydrogen) atoms. The molecule has 0 bridgehead atoms. The van der Waals surface area contributed by atoms with Crippen LogP contribution in [-0.4, -0.2) is 9.55 Å². The van der Waals surface area contributed by atoms with Crippen LogP contribution in [0.5, 0.6) is 0 Å². The minimum Gasteiger partial charge on any atom is -0.309 e. The number of rotatable bonds is 3. The lowest BCUT2D eigenvalue weighted by atomic mass is 10.1. The Bertz CT molecular complexity index is 1510. The zero-order chi connectivity index (χ0) is 21.5. The normalized spacial score (nSPS) is 11.3. The van der Waals surface area contributed by atoms with Crippen molar-refractivity contribution in [3.63, 3.8) is 0 Å². The van der Waals surface area contributed by atoms with Crippen LogP contribution in [0.2, 0.25) is 0 Å². The zero-order valence-corrected chi connectivity index (χ0v) is 18.8. The van der Waals surface area contributed by atoms with Crippen molar-refractivity contribution < 1.29 is 0 Å². The van der Waals surface area contributed by atoms with E-state index < -0.39 is 0 Å². The highest BCUT2D eigenvalue weighted by molar-refractivity contribution is 9.10.